The summed E-state index contributed by atoms with van der Waals surface area (Å²) in [5.74, 6) is -6.06. The summed E-state index contributed by atoms with van der Waals surface area (Å²) in [6.07, 6.45) is 1.78. The number of hydrogen-bond donors (Lipinski definition) is 1. The zero-order valence-electron chi connectivity index (χ0n) is 17.9. The van der Waals surface area contributed by atoms with E-state index in [9.17, 15) is 9.59 Å². The Morgan fingerprint density at radius 1 is 1.09 bits per heavy atom. The lowest BCUT2D eigenvalue weighted by atomic mass is 9.69. The van der Waals surface area contributed by atoms with Gasteiger partial charge in [-0.25, -0.2) is 4.79 Å². The summed E-state index contributed by atoms with van der Waals surface area (Å²) >= 11 is 6.29. The van der Waals surface area contributed by atoms with Crippen LogP contribution in [0.3, 0.4) is 0 Å². The highest BCUT2D eigenvalue weighted by Gasteiger charge is 2.57. The van der Waals surface area contributed by atoms with Crippen molar-refractivity contribution in [3.05, 3.63) is 89.5 Å². The van der Waals surface area contributed by atoms with Gasteiger partial charge in [-0.3, -0.25) is 4.79 Å². The van der Waals surface area contributed by atoms with E-state index in [-0.39, 0.29) is 6.61 Å². The highest BCUT2D eigenvalue weighted by molar-refractivity contribution is 6.33. The summed E-state index contributed by atoms with van der Waals surface area (Å²) in [7, 11) is 0. The predicted octanol–water partition coefficient (Wildman–Crippen LogP) is 5.94. The smallest absolute Gasteiger partial charge is 0.377 e. The largest absolute Gasteiger partial charge is 0.462 e. The summed E-state index contributed by atoms with van der Waals surface area (Å²) < 4.78 is 34.9. The van der Waals surface area contributed by atoms with Gasteiger partial charge in [0.15, 0.2) is 5.78 Å². The quantitative estimate of drug-likeness (QED) is 0.435. The molecule has 0 aromatic heterocycles. The maximum absolute atomic E-state index is 15.2. The molecule has 7 heteroatoms. The SMILES string of the molecule is CCOC(=O)C(F)(F)C[C@]1(c2ccc3ccccc3c2)C(=O)C=C[C@H]1Nc1ccccc1Cl. The van der Waals surface area contributed by atoms with E-state index in [0.717, 1.165) is 10.8 Å². The van der Waals surface area contributed by atoms with Crippen molar-refractivity contribution in [3.8, 4) is 0 Å². The summed E-state index contributed by atoms with van der Waals surface area (Å²) in [4.78, 5) is 25.5. The van der Waals surface area contributed by atoms with Gasteiger partial charge in [0, 0.05) is 6.42 Å². The normalized spacial score (nSPS) is 20.2. The van der Waals surface area contributed by atoms with E-state index < -0.39 is 35.6 Å². The van der Waals surface area contributed by atoms with Crippen LogP contribution in [-0.4, -0.2) is 30.3 Å². The second-order valence-corrected chi connectivity index (χ2v) is 8.37. The number of anilines is 1. The number of esters is 1. The maximum Gasteiger partial charge on any atom is 0.377 e. The summed E-state index contributed by atoms with van der Waals surface area (Å²) in [6.45, 7) is 1.27. The first-order chi connectivity index (χ1) is 15.8. The van der Waals surface area contributed by atoms with Gasteiger partial charge in [0.05, 0.1) is 28.8 Å². The fraction of sp³-hybridized carbons (Fsp3) is 0.231. The van der Waals surface area contributed by atoms with Crippen LogP contribution in [0.5, 0.6) is 0 Å². The molecular formula is C26H22ClF2NO3. The van der Waals surface area contributed by atoms with Gasteiger partial charge in [0.25, 0.3) is 0 Å². The second-order valence-electron chi connectivity index (χ2n) is 7.96. The molecule has 4 rings (SSSR count). The molecule has 3 aromatic rings. The van der Waals surface area contributed by atoms with E-state index in [1.807, 2.05) is 24.3 Å². The lowest BCUT2D eigenvalue weighted by Gasteiger charge is -2.37. The topological polar surface area (TPSA) is 55.4 Å². The first-order valence-electron chi connectivity index (χ1n) is 10.6. The Morgan fingerprint density at radius 2 is 1.79 bits per heavy atom. The van der Waals surface area contributed by atoms with Crippen LogP contribution >= 0.6 is 11.6 Å². The van der Waals surface area contributed by atoms with E-state index in [0.29, 0.717) is 16.3 Å². The van der Waals surface area contributed by atoms with E-state index in [4.69, 9.17) is 11.6 Å². The lowest BCUT2D eigenvalue weighted by molar-refractivity contribution is -0.174. The van der Waals surface area contributed by atoms with Gasteiger partial charge < -0.3 is 10.1 Å². The number of alkyl halides is 2. The Labute approximate surface area is 195 Å². The van der Waals surface area contributed by atoms with Crippen molar-refractivity contribution in [2.75, 3.05) is 11.9 Å². The fourth-order valence-corrected chi connectivity index (χ4v) is 4.50. The number of ether oxygens (including phenoxy) is 1. The van der Waals surface area contributed by atoms with Gasteiger partial charge in [-0.05, 0) is 41.5 Å². The monoisotopic (exact) mass is 469 g/mol. The molecule has 1 aliphatic carbocycles. The van der Waals surface area contributed by atoms with Crippen LogP contribution in [-0.2, 0) is 19.7 Å². The van der Waals surface area contributed by atoms with E-state index in [1.54, 1.807) is 48.5 Å². The van der Waals surface area contributed by atoms with Crippen molar-refractivity contribution in [1.82, 2.24) is 0 Å². The molecule has 170 valence electrons. The maximum atomic E-state index is 15.2. The van der Waals surface area contributed by atoms with Crippen LogP contribution in [0.4, 0.5) is 14.5 Å². The average molecular weight is 470 g/mol. The Hall–Kier alpha value is -3.25. The number of hydrogen-bond acceptors (Lipinski definition) is 4. The van der Waals surface area contributed by atoms with Crippen molar-refractivity contribution in [2.45, 2.75) is 30.7 Å². The molecule has 0 unspecified atom stereocenters. The van der Waals surface area contributed by atoms with E-state index in [2.05, 4.69) is 10.1 Å². The number of halogens is 3. The molecule has 0 radical (unpaired) electrons. The van der Waals surface area contributed by atoms with Crippen molar-refractivity contribution < 1.29 is 23.1 Å². The van der Waals surface area contributed by atoms with Crippen molar-refractivity contribution >= 4 is 39.8 Å². The Kier molecular flexibility index (Phi) is 6.21. The Morgan fingerprint density at radius 3 is 2.52 bits per heavy atom. The predicted molar refractivity (Wildman–Crippen MR) is 125 cm³/mol. The van der Waals surface area contributed by atoms with Gasteiger partial charge in [0.2, 0.25) is 0 Å². The van der Waals surface area contributed by atoms with E-state index >= 15 is 8.78 Å². The number of rotatable bonds is 7. The minimum absolute atomic E-state index is 0.190. The zero-order valence-corrected chi connectivity index (χ0v) is 18.6. The highest BCUT2D eigenvalue weighted by Crippen LogP contribution is 2.45. The molecule has 1 N–H and O–H groups in total. The fourth-order valence-electron chi connectivity index (χ4n) is 4.31. The molecule has 0 saturated carbocycles. The Bertz CT molecular complexity index is 1240. The van der Waals surface area contributed by atoms with Gasteiger partial charge in [0.1, 0.15) is 0 Å². The van der Waals surface area contributed by atoms with Crippen molar-refractivity contribution in [2.24, 2.45) is 0 Å². The first kappa shape index (κ1) is 22.9. The minimum atomic E-state index is -3.89. The third-order valence-electron chi connectivity index (χ3n) is 5.94. The number of ketones is 1. The van der Waals surface area contributed by atoms with E-state index in [1.165, 1.54) is 13.0 Å². The Balaban J connectivity index is 1.86. The minimum Gasteiger partial charge on any atom is -0.462 e. The van der Waals surface area contributed by atoms with Gasteiger partial charge in [-0.2, -0.15) is 8.78 Å². The van der Waals surface area contributed by atoms with Crippen molar-refractivity contribution in [3.63, 3.8) is 0 Å². The van der Waals surface area contributed by atoms with Crippen molar-refractivity contribution in [1.29, 1.82) is 0 Å². The number of para-hydroxylation sites is 1. The summed E-state index contributed by atoms with van der Waals surface area (Å²) in [5, 5.41) is 5.23. The highest BCUT2D eigenvalue weighted by atomic mass is 35.5. The molecule has 3 aromatic carbocycles. The van der Waals surface area contributed by atoms with Gasteiger partial charge in [-0.15, -0.1) is 0 Å². The molecule has 33 heavy (non-hydrogen) atoms. The van der Waals surface area contributed by atoms with Crippen LogP contribution in [0.1, 0.15) is 18.9 Å². The molecule has 0 heterocycles. The molecule has 0 bridgehead atoms. The average Bonchev–Trinajstić information content (AvgIpc) is 3.10. The molecule has 0 amide bonds. The number of benzene rings is 3. The third-order valence-corrected chi connectivity index (χ3v) is 6.26. The van der Waals surface area contributed by atoms with Crippen LogP contribution < -0.4 is 5.32 Å². The number of carbonyl (C=O) groups excluding carboxylic acids is 2. The first-order valence-corrected chi connectivity index (χ1v) is 10.9. The standard InChI is InChI=1S/C26H22ClF2NO3/c1-2-33-24(32)26(28,29)16-25(19-12-11-17-7-3-4-8-18(17)15-19)22(13-14-23(25)31)30-21-10-6-5-9-20(21)27/h3-15,22,30H,2,16H2,1H3/t22-,25-/m1/s1. The van der Waals surface area contributed by atoms with Crippen LogP contribution in [0.2, 0.25) is 5.02 Å². The van der Waals surface area contributed by atoms with Crippen LogP contribution in [0.15, 0.2) is 78.9 Å². The van der Waals surface area contributed by atoms with Crippen LogP contribution in [0.25, 0.3) is 10.8 Å². The lowest BCUT2D eigenvalue weighted by Crippen LogP contribution is -2.51. The molecule has 0 saturated heterocycles. The zero-order chi connectivity index (χ0) is 23.6. The molecule has 2 atom stereocenters. The number of fused-ring (bicyclic) bond motifs is 1. The van der Waals surface area contributed by atoms with Crippen LogP contribution in [0, 0.1) is 0 Å². The number of carbonyl (C=O) groups is 2. The molecule has 1 aliphatic rings. The third kappa shape index (κ3) is 4.23. The number of nitrogens with one attached hydrogen (secondary N) is 1. The summed E-state index contributed by atoms with van der Waals surface area (Å²) in [5.41, 5.74) is -0.878. The molecular weight excluding hydrogens is 448 g/mol. The molecule has 0 fully saturated rings. The molecule has 4 nitrogen and oxygen atoms in total. The van der Waals surface area contributed by atoms with Gasteiger partial charge >= 0.3 is 11.9 Å². The number of allylic oxidation sites excluding steroid dienone is 1. The summed E-state index contributed by atoms with van der Waals surface area (Å²) in [6, 6.07) is 18.6. The second kappa shape index (κ2) is 8.94. The molecule has 0 spiro atoms. The van der Waals surface area contributed by atoms with Gasteiger partial charge in [-0.1, -0.05) is 72.3 Å². The molecule has 0 aliphatic heterocycles.